The summed E-state index contributed by atoms with van der Waals surface area (Å²) in [6.45, 7) is 3.53. The number of rotatable bonds is 4. The molecule has 1 saturated heterocycles. The summed E-state index contributed by atoms with van der Waals surface area (Å²) in [4.78, 5) is 20.8. The van der Waals surface area contributed by atoms with Gasteiger partial charge in [-0.2, -0.15) is 0 Å². The summed E-state index contributed by atoms with van der Waals surface area (Å²) >= 11 is 3.56. The number of benzene rings is 2. The first-order valence-electron chi connectivity index (χ1n) is 8.91. The van der Waals surface area contributed by atoms with E-state index in [4.69, 9.17) is 19.8 Å². The van der Waals surface area contributed by atoms with Crippen LogP contribution in [0.3, 0.4) is 0 Å². The van der Waals surface area contributed by atoms with Crippen molar-refractivity contribution in [3.8, 4) is 0 Å². The molecule has 0 saturated carbocycles. The molecule has 0 spiro atoms. The minimum Gasteiger partial charge on any atom is -0.473 e. The van der Waals surface area contributed by atoms with E-state index in [1.54, 1.807) is 0 Å². The second-order valence-corrected chi connectivity index (χ2v) is 7.57. The normalized spacial score (nSPS) is 14.9. The van der Waals surface area contributed by atoms with Crippen LogP contribution in [0.15, 0.2) is 59.1 Å². The van der Waals surface area contributed by atoms with E-state index in [2.05, 4.69) is 75.4 Å². The van der Waals surface area contributed by atoms with E-state index < -0.39 is 11.9 Å². The third kappa shape index (κ3) is 7.93. The van der Waals surface area contributed by atoms with Crippen molar-refractivity contribution in [1.29, 1.82) is 0 Å². The van der Waals surface area contributed by atoms with Crippen LogP contribution in [0, 0.1) is 5.92 Å². The zero-order valence-electron chi connectivity index (χ0n) is 15.1. The van der Waals surface area contributed by atoms with Gasteiger partial charge in [0.15, 0.2) is 0 Å². The maximum absolute atomic E-state index is 9.10. The molecule has 0 unspecified atom stereocenters. The van der Waals surface area contributed by atoms with Crippen molar-refractivity contribution in [2.75, 3.05) is 13.1 Å². The molecule has 1 heterocycles. The zero-order chi connectivity index (χ0) is 19.6. The Bertz CT molecular complexity index is 731. The molecule has 27 heavy (non-hydrogen) atoms. The van der Waals surface area contributed by atoms with Crippen LogP contribution in [-0.2, 0) is 22.6 Å². The van der Waals surface area contributed by atoms with Gasteiger partial charge in [-0.25, -0.2) is 9.59 Å². The highest BCUT2D eigenvalue weighted by molar-refractivity contribution is 9.10. The molecule has 0 aromatic heterocycles. The van der Waals surface area contributed by atoms with Gasteiger partial charge in [0.25, 0.3) is 0 Å². The highest BCUT2D eigenvalue weighted by Gasteiger charge is 2.19. The fourth-order valence-electron chi connectivity index (χ4n) is 3.19. The van der Waals surface area contributed by atoms with E-state index in [0.717, 1.165) is 12.5 Å². The average molecular weight is 434 g/mol. The van der Waals surface area contributed by atoms with Crippen LogP contribution in [0.4, 0.5) is 0 Å². The topological polar surface area (TPSA) is 77.8 Å². The number of likely N-dealkylation sites (tertiary alicyclic amines) is 1. The monoisotopic (exact) mass is 433 g/mol. The third-order valence-corrected chi connectivity index (χ3v) is 5.05. The van der Waals surface area contributed by atoms with Crippen molar-refractivity contribution in [3.63, 3.8) is 0 Å². The summed E-state index contributed by atoms with van der Waals surface area (Å²) in [5.74, 6) is -2.80. The van der Waals surface area contributed by atoms with Gasteiger partial charge < -0.3 is 10.2 Å². The predicted molar refractivity (Wildman–Crippen MR) is 108 cm³/mol. The van der Waals surface area contributed by atoms with E-state index in [9.17, 15) is 0 Å². The molecule has 1 fully saturated rings. The minimum atomic E-state index is -1.82. The second-order valence-electron chi connectivity index (χ2n) is 6.65. The number of carbonyl (C=O) groups is 2. The minimum absolute atomic E-state index is 0.853. The molecule has 5 nitrogen and oxygen atoms in total. The number of carboxylic acid groups (broad SMARTS) is 2. The molecule has 2 aromatic carbocycles. The third-order valence-electron chi connectivity index (χ3n) is 4.55. The van der Waals surface area contributed by atoms with Gasteiger partial charge in [0.1, 0.15) is 0 Å². The number of piperidine rings is 1. The molecule has 0 aliphatic carbocycles. The van der Waals surface area contributed by atoms with Crippen molar-refractivity contribution in [2.24, 2.45) is 5.92 Å². The van der Waals surface area contributed by atoms with Crippen LogP contribution in [0.1, 0.15) is 24.0 Å². The van der Waals surface area contributed by atoms with Crippen LogP contribution in [-0.4, -0.2) is 40.1 Å². The smallest absolute Gasteiger partial charge is 0.414 e. The molecule has 1 aliphatic heterocycles. The highest BCUT2D eigenvalue weighted by atomic mass is 79.9. The quantitative estimate of drug-likeness (QED) is 0.710. The summed E-state index contributed by atoms with van der Waals surface area (Å²) < 4.78 is 1.18. The maximum atomic E-state index is 9.10. The molecule has 0 amide bonds. The van der Waals surface area contributed by atoms with Crippen molar-refractivity contribution in [3.05, 3.63) is 70.2 Å². The standard InChI is InChI=1S/C19H22BrN.C2H2O4/c20-19-8-4-7-18(14-19)15-21-11-9-17(10-12-21)13-16-5-2-1-3-6-16;3-1(4)2(5)6/h1-8,14,17H,9-13,15H2;(H,3,4)(H,5,6). The second kappa shape index (κ2) is 10.8. The van der Waals surface area contributed by atoms with Crippen LogP contribution in [0.25, 0.3) is 0 Å². The van der Waals surface area contributed by atoms with E-state index in [0.29, 0.717) is 0 Å². The lowest BCUT2D eigenvalue weighted by atomic mass is 9.90. The van der Waals surface area contributed by atoms with Gasteiger partial charge in [-0.05, 0) is 61.5 Å². The Hall–Kier alpha value is -2.18. The Labute approximate surface area is 167 Å². The number of carboxylic acids is 2. The number of hydrogen-bond donors (Lipinski definition) is 2. The van der Waals surface area contributed by atoms with Gasteiger partial charge in [-0.1, -0.05) is 58.4 Å². The lowest BCUT2D eigenvalue weighted by Crippen LogP contribution is -2.33. The first-order valence-corrected chi connectivity index (χ1v) is 9.70. The van der Waals surface area contributed by atoms with Crippen molar-refractivity contribution in [1.82, 2.24) is 4.90 Å². The molecular weight excluding hydrogens is 410 g/mol. The number of halogens is 1. The van der Waals surface area contributed by atoms with Crippen LogP contribution < -0.4 is 0 Å². The van der Waals surface area contributed by atoms with Crippen molar-refractivity contribution >= 4 is 27.9 Å². The number of aliphatic carboxylic acids is 2. The summed E-state index contributed by atoms with van der Waals surface area (Å²) in [7, 11) is 0. The summed E-state index contributed by atoms with van der Waals surface area (Å²) in [5, 5.41) is 14.8. The SMILES string of the molecule is Brc1cccc(CN2CCC(Cc3ccccc3)CC2)c1.O=C(O)C(=O)O. The maximum Gasteiger partial charge on any atom is 0.414 e. The largest absolute Gasteiger partial charge is 0.473 e. The fourth-order valence-corrected chi connectivity index (χ4v) is 3.64. The van der Waals surface area contributed by atoms with E-state index >= 15 is 0 Å². The number of nitrogens with zero attached hydrogens (tertiary/aromatic N) is 1. The zero-order valence-corrected chi connectivity index (χ0v) is 16.6. The molecule has 6 heteroatoms. The van der Waals surface area contributed by atoms with Crippen molar-refractivity contribution in [2.45, 2.75) is 25.8 Å². The van der Waals surface area contributed by atoms with Gasteiger partial charge in [0.2, 0.25) is 0 Å². The Kier molecular flexibility index (Phi) is 8.48. The first kappa shape index (κ1) is 21.1. The van der Waals surface area contributed by atoms with Gasteiger partial charge in [0.05, 0.1) is 0 Å². The van der Waals surface area contributed by atoms with E-state index in [1.807, 2.05) is 0 Å². The van der Waals surface area contributed by atoms with Crippen LogP contribution in [0.5, 0.6) is 0 Å². The molecule has 0 atom stereocenters. The molecular formula is C21H24BrNO4. The first-order chi connectivity index (χ1) is 12.9. The van der Waals surface area contributed by atoms with Gasteiger partial charge in [-0.15, -0.1) is 0 Å². The van der Waals surface area contributed by atoms with Gasteiger partial charge >= 0.3 is 11.9 Å². The molecule has 2 aromatic rings. The predicted octanol–water partition coefficient (Wildman–Crippen LogP) is 4.06. The summed E-state index contributed by atoms with van der Waals surface area (Å²) in [6.07, 6.45) is 3.89. The van der Waals surface area contributed by atoms with Gasteiger partial charge in [-0.3, -0.25) is 4.90 Å². The van der Waals surface area contributed by atoms with Gasteiger partial charge in [0, 0.05) is 11.0 Å². The Morgan fingerprint density at radius 3 is 2.07 bits per heavy atom. The lowest BCUT2D eigenvalue weighted by Gasteiger charge is -2.32. The average Bonchev–Trinajstić information content (AvgIpc) is 2.65. The van der Waals surface area contributed by atoms with E-state index in [-0.39, 0.29) is 0 Å². The van der Waals surface area contributed by atoms with E-state index in [1.165, 1.54) is 48.0 Å². The Morgan fingerprint density at radius 2 is 1.52 bits per heavy atom. The molecule has 144 valence electrons. The molecule has 0 bridgehead atoms. The Balaban J connectivity index is 0.000000380. The molecule has 1 aliphatic rings. The summed E-state index contributed by atoms with van der Waals surface area (Å²) in [5.41, 5.74) is 2.90. The number of hydrogen-bond acceptors (Lipinski definition) is 3. The van der Waals surface area contributed by atoms with Crippen LogP contribution in [0.2, 0.25) is 0 Å². The molecule has 2 N–H and O–H groups in total. The van der Waals surface area contributed by atoms with Crippen molar-refractivity contribution < 1.29 is 19.8 Å². The highest BCUT2D eigenvalue weighted by Crippen LogP contribution is 2.23. The lowest BCUT2D eigenvalue weighted by molar-refractivity contribution is -0.159. The summed E-state index contributed by atoms with van der Waals surface area (Å²) in [6, 6.07) is 19.6. The molecule has 3 rings (SSSR count). The Morgan fingerprint density at radius 1 is 0.926 bits per heavy atom. The van der Waals surface area contributed by atoms with Crippen LogP contribution >= 0.6 is 15.9 Å². The molecule has 0 radical (unpaired) electrons. The fraction of sp³-hybridized carbons (Fsp3) is 0.333.